The molecule has 0 saturated carbocycles. The van der Waals surface area contributed by atoms with Crippen molar-refractivity contribution in [1.29, 1.82) is 0 Å². The summed E-state index contributed by atoms with van der Waals surface area (Å²) in [7, 11) is 0. The van der Waals surface area contributed by atoms with E-state index in [0.717, 1.165) is 12.1 Å². The van der Waals surface area contributed by atoms with Gasteiger partial charge < -0.3 is 4.74 Å². The number of hydrogen-bond acceptors (Lipinski definition) is 2. The third-order valence-corrected chi connectivity index (χ3v) is 5.40. The Kier molecular flexibility index (Phi) is 5.12. The Morgan fingerprint density at radius 2 is 1.17 bits per heavy atom. The van der Waals surface area contributed by atoms with Crippen LogP contribution in [-0.4, -0.2) is 12.1 Å². The molecule has 0 radical (unpaired) electrons. The molecule has 30 heavy (non-hydrogen) atoms. The zero-order valence-electron chi connectivity index (χ0n) is 15.1. The molecule has 0 saturated heterocycles. The largest absolute Gasteiger partial charge is 0.430 e. The van der Waals surface area contributed by atoms with Crippen molar-refractivity contribution in [2.24, 2.45) is 4.99 Å². The second-order valence-electron chi connectivity index (χ2n) is 6.71. The van der Waals surface area contributed by atoms with Gasteiger partial charge in [0.25, 0.3) is 5.60 Å². The Morgan fingerprint density at radius 3 is 1.60 bits per heavy atom. The molecule has 4 rings (SSSR count). The minimum atomic E-state index is -5.12. The highest BCUT2D eigenvalue weighted by Gasteiger charge is 2.69. The maximum absolute atomic E-state index is 15.3. The van der Waals surface area contributed by atoms with Crippen molar-refractivity contribution in [3.63, 3.8) is 0 Å². The molecule has 0 aliphatic carbocycles. The lowest BCUT2D eigenvalue weighted by molar-refractivity contribution is -0.274. The number of benzene rings is 3. The van der Waals surface area contributed by atoms with E-state index < -0.39 is 29.0 Å². The quantitative estimate of drug-likeness (QED) is 0.389. The number of hydrogen-bond donors (Lipinski definition) is 0. The molecule has 1 atom stereocenters. The standard InChI is InChI=1S/C22H13Cl2F4NO/c23-17-10-6-15(7-11-17)21(16-8-12-18(24)13-9-16)29-19(25)20(30-21,22(26,27)28)14-4-2-1-3-5-14/h1-13H. The molecule has 0 spiro atoms. The zero-order chi connectivity index (χ0) is 21.6. The summed E-state index contributed by atoms with van der Waals surface area (Å²) in [6, 6.07) is 18.3. The number of nitrogens with zero attached hydrogens (tertiary/aromatic N) is 1. The van der Waals surface area contributed by atoms with Crippen LogP contribution in [0.2, 0.25) is 10.0 Å². The lowest BCUT2D eigenvalue weighted by atomic mass is 9.92. The van der Waals surface area contributed by atoms with E-state index in [0.29, 0.717) is 10.0 Å². The van der Waals surface area contributed by atoms with Crippen molar-refractivity contribution in [1.82, 2.24) is 0 Å². The van der Waals surface area contributed by atoms with E-state index in [-0.39, 0.29) is 11.1 Å². The molecule has 0 bridgehead atoms. The van der Waals surface area contributed by atoms with Crippen LogP contribution in [0.3, 0.4) is 0 Å². The molecule has 0 aromatic heterocycles. The van der Waals surface area contributed by atoms with Crippen LogP contribution in [0.1, 0.15) is 16.7 Å². The van der Waals surface area contributed by atoms with E-state index >= 15 is 4.39 Å². The average Bonchev–Trinajstić information content (AvgIpc) is 3.05. The van der Waals surface area contributed by atoms with Crippen LogP contribution in [0.4, 0.5) is 17.6 Å². The fraction of sp³-hybridized carbons (Fsp3) is 0.136. The molecule has 1 aliphatic rings. The van der Waals surface area contributed by atoms with Gasteiger partial charge >= 0.3 is 6.18 Å². The zero-order valence-corrected chi connectivity index (χ0v) is 16.6. The molecular weight excluding hydrogens is 441 g/mol. The van der Waals surface area contributed by atoms with Gasteiger partial charge in [-0.25, -0.2) is 4.99 Å². The van der Waals surface area contributed by atoms with Gasteiger partial charge in [0.2, 0.25) is 11.7 Å². The number of aliphatic imine (C=N–C) groups is 1. The Bertz CT molecular complexity index is 1040. The van der Waals surface area contributed by atoms with Crippen molar-refractivity contribution >= 4 is 29.2 Å². The lowest BCUT2D eigenvalue weighted by Gasteiger charge is -2.35. The highest BCUT2D eigenvalue weighted by molar-refractivity contribution is 6.30. The summed E-state index contributed by atoms with van der Waals surface area (Å²) in [4.78, 5) is 3.84. The molecule has 2 nitrogen and oxygen atoms in total. The molecule has 1 unspecified atom stereocenters. The van der Waals surface area contributed by atoms with Crippen molar-refractivity contribution in [2.75, 3.05) is 0 Å². The van der Waals surface area contributed by atoms with Gasteiger partial charge in [0, 0.05) is 26.7 Å². The summed E-state index contributed by atoms with van der Waals surface area (Å²) in [5, 5.41) is 0.718. The highest BCUT2D eigenvalue weighted by atomic mass is 35.5. The predicted octanol–water partition coefficient (Wildman–Crippen LogP) is 7.05. The van der Waals surface area contributed by atoms with Crippen molar-refractivity contribution in [2.45, 2.75) is 17.5 Å². The normalized spacial score (nSPS) is 20.8. The molecule has 3 aromatic carbocycles. The van der Waals surface area contributed by atoms with Gasteiger partial charge in [0.05, 0.1) is 0 Å². The van der Waals surface area contributed by atoms with Crippen LogP contribution in [-0.2, 0) is 16.1 Å². The summed E-state index contributed by atoms with van der Waals surface area (Å²) in [6.07, 6.45) is -5.12. The molecule has 3 aromatic rings. The maximum Gasteiger partial charge on any atom is 0.430 e. The third-order valence-electron chi connectivity index (χ3n) is 4.90. The van der Waals surface area contributed by atoms with Crippen LogP contribution < -0.4 is 0 Å². The van der Waals surface area contributed by atoms with Crippen LogP contribution in [0.5, 0.6) is 0 Å². The second-order valence-corrected chi connectivity index (χ2v) is 7.58. The summed E-state index contributed by atoms with van der Waals surface area (Å²) >= 11 is 11.9. The lowest BCUT2D eigenvalue weighted by Crippen LogP contribution is -2.49. The van der Waals surface area contributed by atoms with Crippen molar-refractivity contribution in [3.8, 4) is 0 Å². The van der Waals surface area contributed by atoms with Gasteiger partial charge in [-0.15, -0.1) is 0 Å². The average molecular weight is 454 g/mol. The first-order chi connectivity index (χ1) is 14.2. The van der Waals surface area contributed by atoms with Crippen molar-refractivity contribution in [3.05, 3.63) is 106 Å². The van der Waals surface area contributed by atoms with Gasteiger partial charge in [-0.3, -0.25) is 0 Å². The summed E-state index contributed by atoms with van der Waals surface area (Å²) in [6.45, 7) is 0. The van der Waals surface area contributed by atoms with Gasteiger partial charge in [-0.2, -0.15) is 17.6 Å². The molecular formula is C22H13Cl2F4NO. The Hall–Kier alpha value is -2.41. The van der Waals surface area contributed by atoms with Crippen LogP contribution in [0.25, 0.3) is 0 Å². The van der Waals surface area contributed by atoms with Gasteiger partial charge in [-0.05, 0) is 24.3 Å². The van der Waals surface area contributed by atoms with Gasteiger partial charge in [0.1, 0.15) is 0 Å². The minimum Gasteiger partial charge on any atom is -0.316 e. The predicted molar refractivity (Wildman–Crippen MR) is 107 cm³/mol. The molecule has 154 valence electrons. The van der Waals surface area contributed by atoms with Crippen LogP contribution in [0, 0.1) is 0 Å². The summed E-state index contributed by atoms with van der Waals surface area (Å²) < 4.78 is 64.1. The highest BCUT2D eigenvalue weighted by Crippen LogP contribution is 2.55. The first-order valence-corrected chi connectivity index (χ1v) is 9.55. The van der Waals surface area contributed by atoms with Crippen LogP contribution >= 0.6 is 23.2 Å². The van der Waals surface area contributed by atoms with Crippen molar-refractivity contribution < 1.29 is 22.3 Å². The smallest absolute Gasteiger partial charge is 0.316 e. The Morgan fingerprint density at radius 1 is 0.700 bits per heavy atom. The molecule has 1 aliphatic heterocycles. The number of ether oxygens (including phenoxy) is 1. The van der Waals surface area contributed by atoms with E-state index in [1.54, 1.807) is 0 Å². The first kappa shape index (κ1) is 20.8. The van der Waals surface area contributed by atoms with E-state index in [2.05, 4.69) is 4.99 Å². The third kappa shape index (κ3) is 3.20. The second kappa shape index (κ2) is 7.38. The van der Waals surface area contributed by atoms with Gasteiger partial charge in [-0.1, -0.05) is 77.8 Å². The Balaban J connectivity index is 1.99. The fourth-order valence-corrected chi connectivity index (χ4v) is 3.71. The molecule has 0 fully saturated rings. The SMILES string of the molecule is FC1=NC(c2ccc(Cl)cc2)(c2ccc(Cl)cc2)OC1(c1ccccc1)C(F)(F)F. The fourth-order valence-electron chi connectivity index (χ4n) is 3.46. The molecule has 8 heteroatoms. The maximum atomic E-state index is 15.3. The first-order valence-electron chi connectivity index (χ1n) is 8.79. The number of alkyl halides is 3. The van der Waals surface area contributed by atoms with Gasteiger partial charge in [0.15, 0.2) is 0 Å². The molecule has 0 amide bonds. The van der Waals surface area contributed by atoms with E-state index in [4.69, 9.17) is 27.9 Å². The summed E-state index contributed by atoms with van der Waals surface area (Å²) in [5.41, 5.74) is -5.50. The molecule has 1 heterocycles. The summed E-state index contributed by atoms with van der Waals surface area (Å²) in [5.74, 6) is -1.69. The molecule has 0 N–H and O–H groups in total. The van der Waals surface area contributed by atoms with E-state index in [1.807, 2.05) is 0 Å². The Labute approximate surface area is 179 Å². The topological polar surface area (TPSA) is 21.6 Å². The number of rotatable bonds is 3. The van der Waals surface area contributed by atoms with Crippen LogP contribution in [0.15, 0.2) is 83.9 Å². The van der Waals surface area contributed by atoms with E-state index in [1.165, 1.54) is 66.7 Å². The van der Waals surface area contributed by atoms with E-state index in [9.17, 15) is 13.2 Å². The minimum absolute atomic E-state index is 0.187. The number of halogens is 6. The monoisotopic (exact) mass is 453 g/mol.